The highest BCUT2D eigenvalue weighted by atomic mass is 16.5. The fourth-order valence-corrected chi connectivity index (χ4v) is 2.49. The molecule has 0 fully saturated rings. The fraction of sp³-hybridized carbons (Fsp3) is 0.167. The van der Waals surface area contributed by atoms with Crippen LogP contribution in [0, 0.1) is 0 Å². The second-order valence-corrected chi connectivity index (χ2v) is 5.58. The van der Waals surface area contributed by atoms with Crippen molar-refractivity contribution < 1.29 is 19.4 Å². The number of hydrogen-bond donors (Lipinski definition) is 1. The first kappa shape index (κ1) is 16.5. The van der Waals surface area contributed by atoms with Gasteiger partial charge in [-0.25, -0.2) is 9.31 Å². The van der Waals surface area contributed by atoms with Gasteiger partial charge in [0.15, 0.2) is 6.61 Å². The Hall–Kier alpha value is -3.35. The molecule has 1 aromatic carbocycles. The van der Waals surface area contributed by atoms with Gasteiger partial charge < -0.3 is 14.7 Å². The maximum Gasteiger partial charge on any atom is 0.341 e. The molecule has 0 radical (unpaired) electrons. The summed E-state index contributed by atoms with van der Waals surface area (Å²) in [6, 6.07) is 12.5. The van der Waals surface area contributed by atoms with Gasteiger partial charge in [0.25, 0.3) is 5.91 Å². The molecular weight excluding hydrogens is 322 g/mol. The summed E-state index contributed by atoms with van der Waals surface area (Å²) >= 11 is 0. The molecule has 3 aromatic rings. The largest absolute Gasteiger partial charge is 0.482 e. The summed E-state index contributed by atoms with van der Waals surface area (Å²) in [5, 5.41) is 12.8. The number of carboxylic acid groups (broad SMARTS) is 1. The lowest BCUT2D eigenvalue weighted by atomic mass is 10.2. The lowest BCUT2D eigenvalue weighted by molar-refractivity contribution is -0.139. The summed E-state index contributed by atoms with van der Waals surface area (Å²) in [5.41, 5.74) is 2.22. The summed E-state index contributed by atoms with van der Waals surface area (Å²) in [7, 11) is 1.73. The molecule has 0 bridgehead atoms. The van der Waals surface area contributed by atoms with Gasteiger partial charge in [0.1, 0.15) is 5.75 Å². The Kier molecular flexibility index (Phi) is 4.65. The van der Waals surface area contributed by atoms with Crippen LogP contribution >= 0.6 is 0 Å². The number of carboxylic acids is 1. The van der Waals surface area contributed by atoms with E-state index in [0.717, 1.165) is 11.1 Å². The molecule has 0 saturated heterocycles. The monoisotopic (exact) mass is 339 g/mol. The number of nitrogens with zero attached hydrogens (tertiary/aromatic N) is 3. The molecule has 25 heavy (non-hydrogen) atoms. The zero-order valence-corrected chi connectivity index (χ0v) is 13.6. The maximum atomic E-state index is 12.7. The highest BCUT2D eigenvalue weighted by Crippen LogP contribution is 2.16. The molecule has 7 heteroatoms. The van der Waals surface area contributed by atoms with Crippen LogP contribution < -0.4 is 4.74 Å². The number of pyridine rings is 1. The van der Waals surface area contributed by atoms with Crippen molar-refractivity contribution in [1.82, 2.24) is 14.5 Å². The topological polar surface area (TPSA) is 84.1 Å². The van der Waals surface area contributed by atoms with Gasteiger partial charge in [0, 0.05) is 19.8 Å². The van der Waals surface area contributed by atoms with E-state index in [1.165, 1.54) is 0 Å². The number of hydrogen-bond acceptors (Lipinski definition) is 4. The normalized spacial score (nSPS) is 10.6. The number of ether oxygens (including phenoxy) is 1. The molecule has 0 saturated carbocycles. The highest BCUT2D eigenvalue weighted by Gasteiger charge is 2.16. The van der Waals surface area contributed by atoms with Crippen molar-refractivity contribution in [3.05, 3.63) is 66.0 Å². The number of carbonyl (C=O) groups is 2. The van der Waals surface area contributed by atoms with Crippen LogP contribution in [-0.4, -0.2) is 45.2 Å². The highest BCUT2D eigenvalue weighted by molar-refractivity contribution is 6.00. The fourth-order valence-electron chi connectivity index (χ4n) is 2.49. The van der Waals surface area contributed by atoms with Crippen LogP contribution in [0.15, 0.2) is 54.9 Å². The molecule has 3 rings (SSSR count). The van der Waals surface area contributed by atoms with E-state index >= 15 is 0 Å². The smallest absolute Gasteiger partial charge is 0.341 e. The first-order valence-corrected chi connectivity index (χ1v) is 7.66. The van der Waals surface area contributed by atoms with Gasteiger partial charge >= 0.3 is 5.97 Å². The van der Waals surface area contributed by atoms with Gasteiger partial charge in [-0.15, -0.1) is 0 Å². The maximum absolute atomic E-state index is 12.7. The summed E-state index contributed by atoms with van der Waals surface area (Å²) in [6.45, 7) is 0.0364. The second kappa shape index (κ2) is 7.04. The molecule has 1 amide bonds. The molecule has 128 valence electrons. The average Bonchev–Trinajstić information content (AvgIpc) is 3.04. The van der Waals surface area contributed by atoms with Gasteiger partial charge in [-0.1, -0.05) is 18.2 Å². The number of aromatic nitrogens is 2. The van der Waals surface area contributed by atoms with Gasteiger partial charge in [0.2, 0.25) is 0 Å². The Labute approximate surface area is 144 Å². The lowest BCUT2D eigenvalue weighted by Gasteiger charge is -2.17. The number of rotatable bonds is 6. The van der Waals surface area contributed by atoms with Crippen LogP contribution in [0.4, 0.5) is 0 Å². The Morgan fingerprint density at radius 3 is 2.68 bits per heavy atom. The van der Waals surface area contributed by atoms with E-state index < -0.39 is 5.97 Å². The Morgan fingerprint density at radius 2 is 1.96 bits per heavy atom. The van der Waals surface area contributed by atoms with Crippen molar-refractivity contribution >= 4 is 17.4 Å². The SMILES string of the molecule is CN(Cc1ccc(OCC(=O)O)cc1)C(=O)c1cnn2ccccc12. The van der Waals surface area contributed by atoms with Crippen molar-refractivity contribution in [2.75, 3.05) is 13.7 Å². The molecule has 0 aliphatic carbocycles. The molecule has 1 N–H and O–H groups in total. The van der Waals surface area contributed by atoms with Crippen LogP contribution in [0.5, 0.6) is 5.75 Å². The van der Waals surface area contributed by atoms with E-state index in [9.17, 15) is 9.59 Å². The van der Waals surface area contributed by atoms with E-state index in [1.54, 1.807) is 53.1 Å². The second-order valence-electron chi connectivity index (χ2n) is 5.58. The zero-order valence-electron chi connectivity index (χ0n) is 13.6. The third-order valence-corrected chi connectivity index (χ3v) is 3.71. The quantitative estimate of drug-likeness (QED) is 0.743. The van der Waals surface area contributed by atoms with Gasteiger partial charge in [-0.3, -0.25) is 4.79 Å². The van der Waals surface area contributed by atoms with Crippen molar-refractivity contribution in [2.24, 2.45) is 0 Å². The first-order chi connectivity index (χ1) is 12.0. The summed E-state index contributed by atoms with van der Waals surface area (Å²) in [6.07, 6.45) is 3.36. The average molecular weight is 339 g/mol. The number of carbonyl (C=O) groups excluding carboxylic acids is 1. The Bertz CT molecular complexity index is 902. The summed E-state index contributed by atoms with van der Waals surface area (Å²) in [5.74, 6) is -0.669. The number of amides is 1. The lowest BCUT2D eigenvalue weighted by Crippen LogP contribution is -2.26. The standard InChI is InChI=1S/C18H17N3O4/c1-20(11-13-5-7-14(8-6-13)25-12-17(22)23)18(24)15-10-19-21-9-3-2-4-16(15)21/h2-10H,11-12H2,1H3,(H,22,23). The predicted molar refractivity (Wildman–Crippen MR) is 90.6 cm³/mol. The van der Waals surface area contributed by atoms with E-state index in [1.807, 2.05) is 18.2 Å². The number of aliphatic carboxylic acids is 1. The molecule has 0 spiro atoms. The van der Waals surface area contributed by atoms with E-state index in [-0.39, 0.29) is 12.5 Å². The van der Waals surface area contributed by atoms with Crippen LogP contribution in [0.3, 0.4) is 0 Å². The molecule has 2 aromatic heterocycles. The Morgan fingerprint density at radius 1 is 1.20 bits per heavy atom. The molecule has 0 unspecified atom stereocenters. The predicted octanol–water partition coefficient (Wildman–Crippen LogP) is 2.07. The Balaban J connectivity index is 1.68. The number of benzene rings is 1. The third kappa shape index (κ3) is 3.77. The minimum atomic E-state index is -1.03. The third-order valence-electron chi connectivity index (χ3n) is 3.71. The molecule has 0 atom stereocenters. The zero-order chi connectivity index (χ0) is 17.8. The van der Waals surface area contributed by atoms with Crippen molar-refractivity contribution in [3.8, 4) is 5.75 Å². The van der Waals surface area contributed by atoms with E-state index in [2.05, 4.69) is 5.10 Å². The van der Waals surface area contributed by atoms with Crippen LogP contribution in [-0.2, 0) is 11.3 Å². The molecule has 0 aliphatic heterocycles. The van der Waals surface area contributed by atoms with Crippen LogP contribution in [0.1, 0.15) is 15.9 Å². The van der Waals surface area contributed by atoms with Gasteiger partial charge in [0.05, 0.1) is 17.3 Å². The summed E-state index contributed by atoms with van der Waals surface area (Å²) in [4.78, 5) is 24.7. The first-order valence-electron chi connectivity index (χ1n) is 7.66. The summed E-state index contributed by atoms with van der Waals surface area (Å²) < 4.78 is 6.75. The minimum absolute atomic E-state index is 0.118. The van der Waals surface area contributed by atoms with Crippen LogP contribution in [0.25, 0.3) is 5.52 Å². The van der Waals surface area contributed by atoms with E-state index in [0.29, 0.717) is 17.9 Å². The molecule has 7 nitrogen and oxygen atoms in total. The van der Waals surface area contributed by atoms with Crippen molar-refractivity contribution in [3.63, 3.8) is 0 Å². The number of fused-ring (bicyclic) bond motifs is 1. The van der Waals surface area contributed by atoms with E-state index in [4.69, 9.17) is 9.84 Å². The molecule has 0 aliphatic rings. The van der Waals surface area contributed by atoms with Gasteiger partial charge in [-0.05, 0) is 29.8 Å². The van der Waals surface area contributed by atoms with Crippen LogP contribution in [0.2, 0.25) is 0 Å². The minimum Gasteiger partial charge on any atom is -0.482 e. The molecular formula is C18H17N3O4. The van der Waals surface area contributed by atoms with Crippen molar-refractivity contribution in [1.29, 1.82) is 0 Å². The molecule has 2 heterocycles. The van der Waals surface area contributed by atoms with Gasteiger partial charge in [-0.2, -0.15) is 5.10 Å². The van der Waals surface area contributed by atoms with Crippen molar-refractivity contribution in [2.45, 2.75) is 6.54 Å².